The first kappa shape index (κ1) is 27.5. The average Bonchev–Trinajstić information content (AvgIpc) is 3.47. The largest absolute Gasteiger partial charge is 0.489 e. The molecule has 7 nitrogen and oxygen atoms in total. The van der Waals surface area contributed by atoms with E-state index in [1.807, 2.05) is 56.0 Å². The number of amides is 1. The molecule has 2 aromatic carbocycles. The highest BCUT2D eigenvalue weighted by Crippen LogP contribution is 2.36. The molecule has 1 saturated heterocycles. The number of carbonyl (C=O) groups is 2. The Balaban J connectivity index is 1.21. The number of aromatic nitrogens is 2. The molecule has 1 aliphatic heterocycles. The lowest BCUT2D eigenvalue weighted by Crippen LogP contribution is -2.41. The predicted molar refractivity (Wildman–Crippen MR) is 150 cm³/mol. The fourth-order valence-electron chi connectivity index (χ4n) is 5.39. The summed E-state index contributed by atoms with van der Waals surface area (Å²) in [5, 5.41) is 5.30. The van der Waals surface area contributed by atoms with Gasteiger partial charge in [0.2, 0.25) is 5.91 Å². The van der Waals surface area contributed by atoms with Crippen LogP contribution in [0.3, 0.4) is 0 Å². The Morgan fingerprint density at radius 1 is 1.10 bits per heavy atom. The molecule has 5 rings (SSSR count). The SMILES string of the molecule is CC(C)(C)OC(=O)n1ncc2c1CCC(N1CCC(Cc3c(Cl)cc(OCc4ccccc4)cc3Cl)C1=O)C2. The second-order valence-electron chi connectivity index (χ2n) is 11.3. The number of hydrogen-bond donors (Lipinski definition) is 0. The maximum Gasteiger partial charge on any atom is 0.435 e. The summed E-state index contributed by atoms with van der Waals surface area (Å²) >= 11 is 13.2. The van der Waals surface area contributed by atoms with E-state index in [1.54, 1.807) is 18.3 Å². The van der Waals surface area contributed by atoms with E-state index < -0.39 is 11.7 Å². The Morgan fingerprint density at radius 3 is 2.51 bits per heavy atom. The molecule has 2 aliphatic rings. The maximum atomic E-state index is 13.5. The number of halogens is 2. The summed E-state index contributed by atoms with van der Waals surface area (Å²) in [6.07, 6.45) is 4.60. The zero-order valence-corrected chi connectivity index (χ0v) is 24.0. The standard InChI is InChI=1S/C30H33Cl2N3O4/c1-30(2,3)39-29(37)35-27-10-9-22(13-21(27)17-33-35)34-12-11-20(28(34)36)14-24-25(31)15-23(16-26(24)32)38-18-19-7-5-4-6-8-19/h4-8,15-17,20,22H,9-14,18H2,1-3H3. The van der Waals surface area contributed by atoms with E-state index in [-0.39, 0.29) is 17.9 Å². The highest BCUT2D eigenvalue weighted by molar-refractivity contribution is 6.36. The van der Waals surface area contributed by atoms with Crippen molar-refractivity contribution in [3.63, 3.8) is 0 Å². The number of ether oxygens (including phenoxy) is 2. The molecule has 1 amide bonds. The zero-order chi connectivity index (χ0) is 27.7. The lowest BCUT2D eigenvalue weighted by atomic mass is 9.92. The van der Waals surface area contributed by atoms with E-state index >= 15 is 0 Å². The van der Waals surface area contributed by atoms with E-state index in [9.17, 15) is 9.59 Å². The van der Waals surface area contributed by atoms with Gasteiger partial charge in [-0.25, -0.2) is 4.79 Å². The van der Waals surface area contributed by atoms with Crippen LogP contribution in [0.1, 0.15) is 56.0 Å². The van der Waals surface area contributed by atoms with Crippen LogP contribution in [0.2, 0.25) is 10.0 Å². The Bertz CT molecular complexity index is 1340. The third kappa shape index (κ3) is 6.25. The van der Waals surface area contributed by atoms with Gasteiger partial charge in [-0.2, -0.15) is 9.78 Å². The summed E-state index contributed by atoms with van der Waals surface area (Å²) in [7, 11) is 0. The molecule has 1 aromatic heterocycles. The summed E-state index contributed by atoms with van der Waals surface area (Å²) in [6.45, 7) is 6.61. The quantitative estimate of drug-likeness (QED) is 0.338. The number of carbonyl (C=O) groups excluding carboxylic acids is 2. The maximum absolute atomic E-state index is 13.5. The second-order valence-corrected chi connectivity index (χ2v) is 12.1. The smallest absolute Gasteiger partial charge is 0.435 e. The summed E-state index contributed by atoms with van der Waals surface area (Å²) in [5.74, 6) is 0.545. The third-order valence-corrected chi connectivity index (χ3v) is 7.97. The minimum absolute atomic E-state index is 0.0750. The first-order valence-corrected chi connectivity index (χ1v) is 14.1. The molecule has 1 aliphatic carbocycles. The van der Waals surface area contributed by atoms with Gasteiger partial charge in [-0.3, -0.25) is 4.79 Å². The van der Waals surface area contributed by atoms with E-state index in [4.69, 9.17) is 32.7 Å². The molecule has 9 heteroatoms. The second kappa shape index (κ2) is 11.2. The van der Waals surface area contributed by atoms with Gasteiger partial charge in [-0.1, -0.05) is 53.5 Å². The van der Waals surface area contributed by atoms with Crippen molar-refractivity contribution in [3.05, 3.63) is 81.1 Å². The van der Waals surface area contributed by atoms with Gasteiger partial charge >= 0.3 is 6.09 Å². The van der Waals surface area contributed by atoms with Crippen molar-refractivity contribution in [3.8, 4) is 5.75 Å². The zero-order valence-electron chi connectivity index (χ0n) is 22.5. The molecule has 2 atom stereocenters. The predicted octanol–water partition coefficient (Wildman–Crippen LogP) is 6.50. The summed E-state index contributed by atoms with van der Waals surface area (Å²) in [4.78, 5) is 28.0. The molecule has 0 N–H and O–H groups in total. The Morgan fingerprint density at radius 2 is 1.82 bits per heavy atom. The molecular formula is C30H33Cl2N3O4. The molecule has 0 saturated carbocycles. The third-order valence-electron chi connectivity index (χ3n) is 7.30. The number of likely N-dealkylation sites (tertiary alicyclic amines) is 1. The van der Waals surface area contributed by atoms with Gasteiger partial charge in [0.05, 0.1) is 11.9 Å². The number of benzene rings is 2. The Labute approximate surface area is 239 Å². The Kier molecular flexibility index (Phi) is 7.92. The highest BCUT2D eigenvalue weighted by Gasteiger charge is 2.38. The van der Waals surface area contributed by atoms with Crippen LogP contribution in [0.15, 0.2) is 48.7 Å². The van der Waals surface area contributed by atoms with Crippen LogP contribution in [0, 0.1) is 5.92 Å². The summed E-state index contributed by atoms with van der Waals surface area (Å²) < 4.78 is 12.7. The van der Waals surface area contributed by atoms with Crippen molar-refractivity contribution in [1.29, 1.82) is 0 Å². The van der Waals surface area contributed by atoms with Crippen molar-refractivity contribution >= 4 is 35.2 Å². The molecule has 0 spiro atoms. The molecule has 39 heavy (non-hydrogen) atoms. The molecule has 2 unspecified atom stereocenters. The molecule has 3 aromatic rings. The minimum atomic E-state index is -0.592. The van der Waals surface area contributed by atoms with E-state index in [1.165, 1.54) is 4.68 Å². The summed E-state index contributed by atoms with van der Waals surface area (Å²) in [5.41, 5.74) is 3.10. The fraction of sp³-hybridized carbons (Fsp3) is 0.433. The molecular weight excluding hydrogens is 537 g/mol. The molecule has 1 fully saturated rings. The lowest BCUT2D eigenvalue weighted by molar-refractivity contribution is -0.133. The molecule has 0 bridgehead atoms. The van der Waals surface area contributed by atoms with Crippen LogP contribution in [-0.2, 0) is 35.4 Å². The monoisotopic (exact) mass is 569 g/mol. The first-order valence-electron chi connectivity index (χ1n) is 13.3. The number of fused-ring (bicyclic) bond motifs is 1. The van der Waals surface area contributed by atoms with Gasteiger partial charge < -0.3 is 14.4 Å². The normalized spacial score (nSPS) is 19.2. The fourth-order valence-corrected chi connectivity index (χ4v) is 6.01. The van der Waals surface area contributed by atoms with Crippen molar-refractivity contribution < 1.29 is 19.1 Å². The highest BCUT2D eigenvalue weighted by atomic mass is 35.5. The Hall–Kier alpha value is -3.03. The van der Waals surface area contributed by atoms with Gasteiger partial charge in [0.25, 0.3) is 0 Å². The van der Waals surface area contributed by atoms with Crippen molar-refractivity contribution in [2.75, 3.05) is 6.54 Å². The summed E-state index contributed by atoms with van der Waals surface area (Å²) in [6, 6.07) is 13.5. The van der Waals surface area contributed by atoms with E-state index in [0.29, 0.717) is 48.2 Å². The molecule has 0 radical (unpaired) electrons. The van der Waals surface area contributed by atoms with Gasteiger partial charge in [0, 0.05) is 28.5 Å². The average molecular weight is 571 g/mol. The van der Waals surface area contributed by atoms with Gasteiger partial charge in [0.1, 0.15) is 18.0 Å². The van der Waals surface area contributed by atoms with Crippen LogP contribution < -0.4 is 4.74 Å². The van der Waals surface area contributed by atoms with Gasteiger partial charge in [-0.05, 0) is 81.7 Å². The number of rotatable bonds is 6. The van der Waals surface area contributed by atoms with Crippen LogP contribution in [0.5, 0.6) is 5.75 Å². The van der Waals surface area contributed by atoms with Crippen LogP contribution in [0.4, 0.5) is 4.79 Å². The number of hydrogen-bond acceptors (Lipinski definition) is 5. The number of nitrogens with zero attached hydrogens (tertiary/aromatic N) is 3. The van der Waals surface area contributed by atoms with Crippen molar-refractivity contribution in [2.24, 2.45) is 5.92 Å². The van der Waals surface area contributed by atoms with E-state index in [2.05, 4.69) is 5.10 Å². The van der Waals surface area contributed by atoms with Crippen molar-refractivity contribution in [1.82, 2.24) is 14.7 Å². The molecule has 206 valence electrons. The van der Waals surface area contributed by atoms with Crippen LogP contribution in [0.25, 0.3) is 0 Å². The van der Waals surface area contributed by atoms with Crippen LogP contribution >= 0.6 is 23.2 Å². The molecule has 2 heterocycles. The van der Waals surface area contributed by atoms with Gasteiger partial charge in [-0.15, -0.1) is 0 Å². The lowest BCUT2D eigenvalue weighted by Gasteiger charge is -2.31. The minimum Gasteiger partial charge on any atom is -0.489 e. The first-order chi connectivity index (χ1) is 18.6. The van der Waals surface area contributed by atoms with Gasteiger partial charge in [0.15, 0.2) is 0 Å². The van der Waals surface area contributed by atoms with Crippen molar-refractivity contribution in [2.45, 2.75) is 71.1 Å². The topological polar surface area (TPSA) is 73.7 Å². The van der Waals surface area contributed by atoms with Crippen LogP contribution in [-0.4, -0.2) is 44.9 Å². The van der Waals surface area contributed by atoms with E-state index in [0.717, 1.165) is 35.2 Å².